The number of rotatable bonds is 4. The van der Waals surface area contributed by atoms with Crippen LogP contribution in [0.1, 0.15) is 18.5 Å². The van der Waals surface area contributed by atoms with E-state index in [2.05, 4.69) is 24.4 Å². The van der Waals surface area contributed by atoms with Gasteiger partial charge in [-0.1, -0.05) is 48.6 Å². The Morgan fingerprint density at radius 3 is 2.67 bits per heavy atom. The third-order valence-corrected chi connectivity index (χ3v) is 3.17. The van der Waals surface area contributed by atoms with Gasteiger partial charge in [0.2, 0.25) is 0 Å². The lowest BCUT2D eigenvalue weighted by Crippen LogP contribution is -2.45. The van der Waals surface area contributed by atoms with Crippen molar-refractivity contribution >= 4 is 6.29 Å². The van der Waals surface area contributed by atoms with Gasteiger partial charge in [0.15, 0.2) is 0 Å². The molecule has 0 saturated heterocycles. The maximum Gasteiger partial charge on any atom is 0.149 e. The van der Waals surface area contributed by atoms with Crippen molar-refractivity contribution in [1.29, 1.82) is 0 Å². The molecular weight excluding hydrogens is 224 g/mol. The Morgan fingerprint density at radius 2 is 2.06 bits per heavy atom. The SMILES string of the molecule is CC(NC1C=CC(C=O)=CC1N)c1ccccc1. The minimum atomic E-state index is -0.165. The van der Waals surface area contributed by atoms with E-state index in [1.807, 2.05) is 30.4 Å². The van der Waals surface area contributed by atoms with Crippen LogP contribution in [0.3, 0.4) is 0 Å². The monoisotopic (exact) mass is 242 g/mol. The van der Waals surface area contributed by atoms with Crippen LogP contribution in [0.4, 0.5) is 0 Å². The second-order valence-electron chi connectivity index (χ2n) is 4.55. The highest BCUT2D eigenvalue weighted by molar-refractivity contribution is 5.78. The number of nitrogens with one attached hydrogen (secondary N) is 1. The van der Waals surface area contributed by atoms with E-state index in [0.29, 0.717) is 5.57 Å². The highest BCUT2D eigenvalue weighted by Gasteiger charge is 2.19. The largest absolute Gasteiger partial charge is 0.323 e. The quantitative estimate of drug-likeness (QED) is 0.791. The molecule has 0 saturated carbocycles. The lowest BCUT2D eigenvalue weighted by molar-refractivity contribution is -0.104. The van der Waals surface area contributed by atoms with E-state index in [0.717, 1.165) is 6.29 Å². The molecule has 3 unspecified atom stereocenters. The molecule has 0 aliphatic heterocycles. The normalized spacial score (nSPS) is 24.4. The van der Waals surface area contributed by atoms with Gasteiger partial charge in [-0.25, -0.2) is 0 Å². The van der Waals surface area contributed by atoms with E-state index in [4.69, 9.17) is 5.73 Å². The summed E-state index contributed by atoms with van der Waals surface area (Å²) < 4.78 is 0. The molecule has 0 spiro atoms. The highest BCUT2D eigenvalue weighted by Crippen LogP contribution is 2.15. The maximum absolute atomic E-state index is 10.7. The zero-order valence-electron chi connectivity index (χ0n) is 10.4. The van der Waals surface area contributed by atoms with E-state index in [9.17, 15) is 4.79 Å². The fourth-order valence-electron chi connectivity index (χ4n) is 2.10. The Bertz CT molecular complexity index is 465. The number of aldehydes is 1. The molecule has 3 N–H and O–H groups in total. The minimum Gasteiger partial charge on any atom is -0.323 e. The molecule has 0 fully saturated rings. The molecule has 0 aromatic heterocycles. The van der Waals surface area contributed by atoms with Crippen molar-refractivity contribution < 1.29 is 4.79 Å². The Morgan fingerprint density at radius 1 is 1.33 bits per heavy atom. The average molecular weight is 242 g/mol. The Labute approximate surface area is 107 Å². The van der Waals surface area contributed by atoms with E-state index < -0.39 is 0 Å². The van der Waals surface area contributed by atoms with Gasteiger partial charge in [-0.15, -0.1) is 0 Å². The molecular formula is C15H18N2O. The zero-order valence-corrected chi connectivity index (χ0v) is 10.4. The topological polar surface area (TPSA) is 55.1 Å². The molecule has 94 valence electrons. The van der Waals surface area contributed by atoms with E-state index in [1.165, 1.54) is 5.56 Å². The predicted molar refractivity (Wildman–Crippen MR) is 73.0 cm³/mol. The van der Waals surface area contributed by atoms with Crippen molar-refractivity contribution in [3.63, 3.8) is 0 Å². The van der Waals surface area contributed by atoms with Crippen LogP contribution in [0.15, 0.2) is 54.1 Å². The first kappa shape index (κ1) is 12.7. The van der Waals surface area contributed by atoms with Gasteiger partial charge in [0.05, 0.1) is 0 Å². The first-order valence-electron chi connectivity index (χ1n) is 6.12. The van der Waals surface area contributed by atoms with Gasteiger partial charge >= 0.3 is 0 Å². The summed E-state index contributed by atoms with van der Waals surface area (Å²) in [4.78, 5) is 10.7. The van der Waals surface area contributed by atoms with Crippen molar-refractivity contribution in [2.75, 3.05) is 0 Å². The summed E-state index contributed by atoms with van der Waals surface area (Å²) in [6, 6.07) is 10.3. The summed E-state index contributed by atoms with van der Waals surface area (Å²) in [5.74, 6) is 0. The Kier molecular flexibility index (Phi) is 4.07. The van der Waals surface area contributed by atoms with Gasteiger partial charge < -0.3 is 11.1 Å². The van der Waals surface area contributed by atoms with Crippen molar-refractivity contribution in [3.8, 4) is 0 Å². The van der Waals surface area contributed by atoms with Crippen LogP contribution in [0.5, 0.6) is 0 Å². The zero-order chi connectivity index (χ0) is 13.0. The van der Waals surface area contributed by atoms with E-state index in [1.54, 1.807) is 6.08 Å². The van der Waals surface area contributed by atoms with Crippen LogP contribution in [0.2, 0.25) is 0 Å². The molecule has 1 aromatic rings. The van der Waals surface area contributed by atoms with Gasteiger partial charge in [0.1, 0.15) is 6.29 Å². The van der Waals surface area contributed by atoms with Gasteiger partial charge in [-0.05, 0) is 12.5 Å². The third kappa shape index (κ3) is 2.94. The Hall–Kier alpha value is -1.71. The Balaban J connectivity index is 2.01. The molecule has 3 nitrogen and oxygen atoms in total. The molecule has 0 amide bonds. The summed E-state index contributed by atoms with van der Waals surface area (Å²) in [5.41, 5.74) is 7.89. The molecule has 2 rings (SSSR count). The molecule has 3 heteroatoms. The summed E-state index contributed by atoms with van der Waals surface area (Å²) in [5, 5.41) is 3.46. The lowest BCUT2D eigenvalue weighted by atomic mass is 9.97. The predicted octanol–water partition coefficient (Wildman–Crippen LogP) is 1.73. The average Bonchev–Trinajstić information content (AvgIpc) is 2.42. The maximum atomic E-state index is 10.7. The second kappa shape index (κ2) is 5.76. The van der Waals surface area contributed by atoms with Crippen LogP contribution in [0, 0.1) is 0 Å². The van der Waals surface area contributed by atoms with Gasteiger partial charge in [0.25, 0.3) is 0 Å². The number of allylic oxidation sites excluding steroid dienone is 2. The molecule has 0 radical (unpaired) electrons. The van der Waals surface area contributed by atoms with Gasteiger partial charge in [-0.2, -0.15) is 0 Å². The summed E-state index contributed by atoms with van der Waals surface area (Å²) in [7, 11) is 0. The molecule has 1 aliphatic carbocycles. The van der Waals surface area contributed by atoms with Crippen LogP contribution in [-0.4, -0.2) is 18.4 Å². The number of hydrogen-bond acceptors (Lipinski definition) is 3. The summed E-state index contributed by atoms with van der Waals surface area (Å²) in [6.45, 7) is 2.11. The summed E-state index contributed by atoms with van der Waals surface area (Å²) in [6.07, 6.45) is 6.38. The number of nitrogens with two attached hydrogens (primary N) is 1. The van der Waals surface area contributed by atoms with E-state index >= 15 is 0 Å². The number of hydrogen-bond donors (Lipinski definition) is 2. The first-order chi connectivity index (χ1) is 8.70. The third-order valence-electron chi connectivity index (χ3n) is 3.17. The van der Waals surface area contributed by atoms with Crippen molar-refractivity contribution in [2.24, 2.45) is 5.73 Å². The fourth-order valence-corrected chi connectivity index (χ4v) is 2.10. The van der Waals surface area contributed by atoms with E-state index in [-0.39, 0.29) is 18.1 Å². The number of carbonyl (C=O) groups excluding carboxylic acids is 1. The van der Waals surface area contributed by atoms with Crippen LogP contribution in [0.25, 0.3) is 0 Å². The molecule has 18 heavy (non-hydrogen) atoms. The second-order valence-corrected chi connectivity index (χ2v) is 4.55. The van der Waals surface area contributed by atoms with Crippen LogP contribution >= 0.6 is 0 Å². The molecule has 0 bridgehead atoms. The van der Waals surface area contributed by atoms with Crippen LogP contribution in [-0.2, 0) is 4.79 Å². The van der Waals surface area contributed by atoms with Crippen molar-refractivity contribution in [1.82, 2.24) is 5.32 Å². The fraction of sp³-hybridized carbons (Fsp3) is 0.267. The first-order valence-corrected chi connectivity index (χ1v) is 6.12. The standard InChI is InChI=1S/C15H18N2O/c1-11(13-5-3-2-4-6-13)17-15-8-7-12(10-18)9-14(15)16/h2-11,14-15,17H,16H2,1H3. The minimum absolute atomic E-state index is 0.0592. The van der Waals surface area contributed by atoms with Crippen molar-refractivity contribution in [2.45, 2.75) is 25.0 Å². The molecule has 1 aliphatic rings. The lowest BCUT2D eigenvalue weighted by Gasteiger charge is -2.26. The molecule has 3 atom stereocenters. The van der Waals surface area contributed by atoms with Crippen LogP contribution < -0.4 is 11.1 Å². The van der Waals surface area contributed by atoms with Crippen molar-refractivity contribution in [3.05, 3.63) is 59.7 Å². The number of carbonyl (C=O) groups is 1. The molecule has 0 heterocycles. The van der Waals surface area contributed by atoms with Gasteiger partial charge in [-0.3, -0.25) is 4.79 Å². The summed E-state index contributed by atoms with van der Waals surface area (Å²) >= 11 is 0. The number of benzene rings is 1. The smallest absolute Gasteiger partial charge is 0.149 e. The highest BCUT2D eigenvalue weighted by atomic mass is 16.1. The van der Waals surface area contributed by atoms with Gasteiger partial charge in [0, 0.05) is 23.7 Å². The molecule has 1 aromatic carbocycles.